The predicted molar refractivity (Wildman–Crippen MR) is 92.4 cm³/mol. The van der Waals surface area contributed by atoms with E-state index in [2.05, 4.69) is 0 Å². The molecule has 0 bridgehead atoms. The molecule has 1 heterocycles. The molecule has 5 nitrogen and oxygen atoms in total. The van der Waals surface area contributed by atoms with Gasteiger partial charge < -0.3 is 10.8 Å². The molecule has 0 aliphatic heterocycles. The molecular formula is C18H14ClFN2O3. The number of halogens is 2. The van der Waals surface area contributed by atoms with E-state index >= 15 is 0 Å². The van der Waals surface area contributed by atoms with E-state index in [-0.39, 0.29) is 22.9 Å². The first kappa shape index (κ1) is 17.0. The van der Waals surface area contributed by atoms with Crippen LogP contribution in [0.1, 0.15) is 21.6 Å². The maximum absolute atomic E-state index is 14.5. The van der Waals surface area contributed by atoms with Crippen molar-refractivity contribution in [2.45, 2.75) is 13.3 Å². The summed E-state index contributed by atoms with van der Waals surface area (Å²) in [4.78, 5) is 24.3. The Labute approximate surface area is 147 Å². The van der Waals surface area contributed by atoms with Crippen molar-refractivity contribution in [3.8, 4) is 5.75 Å². The van der Waals surface area contributed by atoms with Gasteiger partial charge in [-0.25, -0.2) is 4.39 Å². The molecule has 3 rings (SSSR count). The average Bonchev–Trinajstić information content (AvgIpc) is 2.83. The number of phenolic OH excluding ortho intramolecular Hbond substituents is 1. The van der Waals surface area contributed by atoms with Gasteiger partial charge in [-0.05, 0) is 48.9 Å². The normalized spacial score (nSPS) is 11.0. The van der Waals surface area contributed by atoms with Crippen LogP contribution in [0.2, 0.25) is 5.02 Å². The second-order valence-corrected chi connectivity index (χ2v) is 6.08. The van der Waals surface area contributed by atoms with Crippen molar-refractivity contribution in [1.29, 1.82) is 0 Å². The minimum Gasteiger partial charge on any atom is -0.505 e. The second-order valence-electron chi connectivity index (χ2n) is 5.65. The Balaban J connectivity index is 2.30. The predicted octanol–water partition coefficient (Wildman–Crippen LogP) is 3.16. The van der Waals surface area contributed by atoms with Gasteiger partial charge in [0, 0.05) is 21.7 Å². The van der Waals surface area contributed by atoms with Crippen LogP contribution in [0.15, 0.2) is 36.4 Å². The van der Waals surface area contributed by atoms with Crippen molar-refractivity contribution < 1.29 is 19.1 Å². The zero-order valence-corrected chi connectivity index (χ0v) is 14.0. The van der Waals surface area contributed by atoms with Gasteiger partial charge in [0.2, 0.25) is 5.91 Å². The van der Waals surface area contributed by atoms with Gasteiger partial charge in [-0.3, -0.25) is 14.2 Å². The Hall–Kier alpha value is -2.86. The van der Waals surface area contributed by atoms with Crippen LogP contribution in [-0.4, -0.2) is 21.5 Å². The molecule has 2 aromatic carbocycles. The number of hydrogen-bond acceptors (Lipinski definition) is 3. The number of nitrogens with two attached hydrogens (primary N) is 1. The maximum atomic E-state index is 14.5. The van der Waals surface area contributed by atoms with Crippen LogP contribution in [0.4, 0.5) is 4.39 Å². The standard InChI is InChI=1S/C18H14ClFN2O3/c1-9-12(8-15(21)24)16-13(6-7-14(23)17(16)20)22(9)18(25)10-2-4-11(19)5-3-10/h2-7,23H,8H2,1H3,(H2,21,24). The lowest BCUT2D eigenvalue weighted by atomic mass is 10.1. The van der Waals surface area contributed by atoms with Crippen LogP contribution in [0, 0.1) is 12.7 Å². The number of rotatable bonds is 3. The first-order chi connectivity index (χ1) is 11.8. The molecule has 0 aliphatic carbocycles. The van der Waals surface area contributed by atoms with Gasteiger partial charge in [0.1, 0.15) is 0 Å². The van der Waals surface area contributed by atoms with E-state index < -0.39 is 23.4 Å². The van der Waals surface area contributed by atoms with Gasteiger partial charge in [-0.2, -0.15) is 0 Å². The van der Waals surface area contributed by atoms with Crippen LogP contribution in [0.5, 0.6) is 5.75 Å². The molecule has 0 saturated carbocycles. The number of fused-ring (bicyclic) bond motifs is 1. The fraction of sp³-hybridized carbons (Fsp3) is 0.111. The van der Waals surface area contributed by atoms with E-state index in [0.29, 0.717) is 16.3 Å². The molecule has 128 valence electrons. The largest absolute Gasteiger partial charge is 0.505 e. The molecule has 0 fully saturated rings. The fourth-order valence-electron chi connectivity index (χ4n) is 2.90. The van der Waals surface area contributed by atoms with E-state index in [1.165, 1.54) is 10.6 Å². The Morgan fingerprint density at radius 2 is 1.84 bits per heavy atom. The Bertz CT molecular complexity index is 1010. The van der Waals surface area contributed by atoms with Crippen LogP contribution in [0.3, 0.4) is 0 Å². The summed E-state index contributed by atoms with van der Waals surface area (Å²) < 4.78 is 15.8. The maximum Gasteiger partial charge on any atom is 0.262 e. The summed E-state index contributed by atoms with van der Waals surface area (Å²) in [6.45, 7) is 1.60. The number of carbonyl (C=O) groups is 2. The number of phenols is 1. The molecule has 3 aromatic rings. The number of carbonyl (C=O) groups excluding carboxylic acids is 2. The highest BCUT2D eigenvalue weighted by molar-refractivity contribution is 6.30. The highest BCUT2D eigenvalue weighted by Gasteiger charge is 2.24. The smallest absolute Gasteiger partial charge is 0.262 e. The van der Waals surface area contributed by atoms with Crippen molar-refractivity contribution >= 4 is 34.3 Å². The van der Waals surface area contributed by atoms with Gasteiger partial charge in [-0.15, -0.1) is 0 Å². The van der Waals surface area contributed by atoms with Gasteiger partial charge in [0.05, 0.1) is 11.9 Å². The van der Waals surface area contributed by atoms with Crippen LogP contribution in [0.25, 0.3) is 10.9 Å². The third-order valence-corrected chi connectivity index (χ3v) is 4.31. The SMILES string of the molecule is Cc1c(CC(N)=O)c2c(F)c(O)ccc2n1C(=O)c1ccc(Cl)cc1. The van der Waals surface area contributed by atoms with E-state index in [4.69, 9.17) is 17.3 Å². The van der Waals surface area contributed by atoms with Crippen molar-refractivity contribution in [1.82, 2.24) is 4.57 Å². The van der Waals surface area contributed by atoms with Crippen LogP contribution in [-0.2, 0) is 11.2 Å². The number of hydrogen-bond donors (Lipinski definition) is 2. The van der Waals surface area contributed by atoms with Gasteiger partial charge in [0.15, 0.2) is 11.6 Å². The summed E-state index contributed by atoms with van der Waals surface area (Å²) in [5, 5.41) is 10.2. The summed E-state index contributed by atoms with van der Waals surface area (Å²) in [6, 6.07) is 8.86. The number of amides is 1. The van der Waals surface area contributed by atoms with Crippen LogP contribution >= 0.6 is 11.6 Å². The summed E-state index contributed by atoms with van der Waals surface area (Å²) in [5.74, 6) is -2.52. The molecule has 0 atom stereocenters. The number of aromatic hydroxyl groups is 1. The third kappa shape index (κ3) is 2.85. The molecule has 1 amide bonds. The molecule has 3 N–H and O–H groups in total. The topological polar surface area (TPSA) is 85.3 Å². The van der Waals surface area contributed by atoms with Gasteiger partial charge in [-0.1, -0.05) is 11.6 Å². The molecule has 1 aromatic heterocycles. The third-order valence-electron chi connectivity index (χ3n) is 4.06. The first-order valence-corrected chi connectivity index (χ1v) is 7.79. The lowest BCUT2D eigenvalue weighted by Crippen LogP contribution is -2.16. The molecule has 0 unspecified atom stereocenters. The quantitative estimate of drug-likeness (QED) is 0.752. The Morgan fingerprint density at radius 1 is 1.20 bits per heavy atom. The van der Waals surface area contributed by atoms with E-state index in [0.717, 1.165) is 6.07 Å². The van der Waals surface area contributed by atoms with Gasteiger partial charge in [0.25, 0.3) is 5.91 Å². The summed E-state index contributed by atoms with van der Waals surface area (Å²) in [5.41, 5.74) is 6.52. The minimum absolute atomic E-state index is 0.0126. The van der Waals surface area contributed by atoms with E-state index in [1.807, 2.05) is 0 Å². The number of benzene rings is 2. The van der Waals surface area contributed by atoms with Crippen molar-refractivity contribution in [2.24, 2.45) is 5.73 Å². The molecule has 0 spiro atoms. The number of primary amides is 1. The highest BCUT2D eigenvalue weighted by Crippen LogP contribution is 2.33. The van der Waals surface area contributed by atoms with Crippen molar-refractivity contribution in [2.75, 3.05) is 0 Å². The summed E-state index contributed by atoms with van der Waals surface area (Å²) >= 11 is 5.84. The lowest BCUT2D eigenvalue weighted by Gasteiger charge is -2.08. The zero-order valence-electron chi connectivity index (χ0n) is 13.2. The van der Waals surface area contributed by atoms with E-state index in [9.17, 15) is 19.1 Å². The Morgan fingerprint density at radius 3 is 2.44 bits per heavy atom. The monoisotopic (exact) mass is 360 g/mol. The molecule has 0 saturated heterocycles. The molecule has 0 aliphatic rings. The van der Waals surface area contributed by atoms with Crippen LogP contribution < -0.4 is 5.73 Å². The Kier molecular flexibility index (Phi) is 4.22. The summed E-state index contributed by atoms with van der Waals surface area (Å²) in [6.07, 6.45) is -0.246. The highest BCUT2D eigenvalue weighted by atomic mass is 35.5. The van der Waals surface area contributed by atoms with Crippen molar-refractivity contribution in [3.05, 3.63) is 64.1 Å². The first-order valence-electron chi connectivity index (χ1n) is 7.41. The summed E-state index contributed by atoms with van der Waals surface area (Å²) in [7, 11) is 0. The molecule has 0 radical (unpaired) electrons. The van der Waals surface area contributed by atoms with Crippen molar-refractivity contribution in [3.63, 3.8) is 0 Å². The average molecular weight is 361 g/mol. The molecule has 25 heavy (non-hydrogen) atoms. The minimum atomic E-state index is -0.889. The van der Waals surface area contributed by atoms with E-state index in [1.54, 1.807) is 31.2 Å². The lowest BCUT2D eigenvalue weighted by molar-refractivity contribution is -0.117. The second kappa shape index (κ2) is 6.22. The fourth-order valence-corrected chi connectivity index (χ4v) is 3.02. The van der Waals surface area contributed by atoms with Gasteiger partial charge >= 0.3 is 0 Å². The number of aromatic nitrogens is 1. The zero-order chi connectivity index (χ0) is 18.3. The number of nitrogens with zero attached hydrogens (tertiary/aromatic N) is 1. The molecular weight excluding hydrogens is 347 g/mol. The molecule has 7 heteroatoms.